The Morgan fingerprint density at radius 2 is 2.20 bits per heavy atom. The summed E-state index contributed by atoms with van der Waals surface area (Å²) in [6.07, 6.45) is 1.96. The van der Waals surface area contributed by atoms with E-state index in [0.717, 1.165) is 32.5 Å². The third-order valence-electron chi connectivity index (χ3n) is 4.21. The van der Waals surface area contributed by atoms with Gasteiger partial charge in [0, 0.05) is 25.8 Å². The molecule has 0 amide bonds. The molecule has 20 heavy (non-hydrogen) atoms. The molecule has 1 aliphatic heterocycles. The van der Waals surface area contributed by atoms with E-state index < -0.39 is 6.10 Å². The molecule has 1 aromatic rings. The van der Waals surface area contributed by atoms with Crippen molar-refractivity contribution in [3.63, 3.8) is 0 Å². The maximum Gasteiger partial charge on any atom is 0.128 e. The van der Waals surface area contributed by atoms with Crippen LogP contribution in [0.25, 0.3) is 0 Å². The highest BCUT2D eigenvalue weighted by Gasteiger charge is 2.30. The van der Waals surface area contributed by atoms with E-state index in [1.165, 1.54) is 6.07 Å². The number of rotatable bonds is 5. The van der Waals surface area contributed by atoms with Crippen molar-refractivity contribution in [2.75, 3.05) is 26.7 Å². The Balaban J connectivity index is 1.87. The summed E-state index contributed by atoms with van der Waals surface area (Å²) in [5.74, 6) is -0.333. The number of likely N-dealkylation sites (tertiary alicyclic amines) is 1. The van der Waals surface area contributed by atoms with Gasteiger partial charge in [0.2, 0.25) is 0 Å². The second-order valence-electron chi connectivity index (χ2n) is 5.86. The van der Waals surface area contributed by atoms with Crippen molar-refractivity contribution in [2.24, 2.45) is 0 Å². The number of halogens is 1. The molecule has 0 saturated carbocycles. The predicted molar refractivity (Wildman–Crippen MR) is 77.1 cm³/mol. The van der Waals surface area contributed by atoms with E-state index in [9.17, 15) is 9.50 Å². The highest BCUT2D eigenvalue weighted by molar-refractivity contribution is 5.19. The Bertz CT molecular complexity index is 440. The predicted octanol–water partition coefficient (Wildman–Crippen LogP) is 2.75. The summed E-state index contributed by atoms with van der Waals surface area (Å²) in [7, 11) is 1.75. The van der Waals surface area contributed by atoms with Crippen molar-refractivity contribution >= 4 is 0 Å². The van der Waals surface area contributed by atoms with Crippen LogP contribution < -0.4 is 0 Å². The van der Waals surface area contributed by atoms with E-state index in [4.69, 9.17) is 4.74 Å². The Hall–Kier alpha value is -0.970. The molecular formula is C16H24FNO2. The first kappa shape index (κ1) is 15.4. The van der Waals surface area contributed by atoms with Crippen LogP contribution in [0.15, 0.2) is 24.3 Å². The minimum absolute atomic E-state index is 0.0960. The molecule has 1 fully saturated rings. The van der Waals surface area contributed by atoms with Crippen LogP contribution in [0.3, 0.4) is 0 Å². The second kappa shape index (κ2) is 6.66. The van der Waals surface area contributed by atoms with Crippen molar-refractivity contribution in [3.8, 4) is 0 Å². The topological polar surface area (TPSA) is 32.7 Å². The lowest BCUT2D eigenvalue weighted by molar-refractivity contribution is -0.0528. The maximum absolute atomic E-state index is 13.6. The monoisotopic (exact) mass is 281 g/mol. The molecule has 2 unspecified atom stereocenters. The molecule has 1 saturated heterocycles. The average Bonchev–Trinajstić information content (AvgIpc) is 2.45. The fraction of sp³-hybridized carbons (Fsp3) is 0.625. The largest absolute Gasteiger partial charge is 0.388 e. The van der Waals surface area contributed by atoms with E-state index in [1.807, 2.05) is 0 Å². The van der Waals surface area contributed by atoms with Crippen molar-refractivity contribution in [3.05, 3.63) is 35.6 Å². The maximum atomic E-state index is 13.6. The van der Waals surface area contributed by atoms with Crippen molar-refractivity contribution in [2.45, 2.75) is 37.9 Å². The van der Waals surface area contributed by atoms with Gasteiger partial charge in [0.25, 0.3) is 0 Å². The van der Waals surface area contributed by atoms with Crippen molar-refractivity contribution < 1.29 is 14.2 Å². The first-order valence-electron chi connectivity index (χ1n) is 7.24. The zero-order valence-corrected chi connectivity index (χ0v) is 12.3. The minimum atomic E-state index is -0.744. The van der Waals surface area contributed by atoms with Crippen LogP contribution >= 0.6 is 0 Å². The smallest absolute Gasteiger partial charge is 0.128 e. The molecule has 0 aliphatic carbocycles. The number of nitrogens with zero attached hydrogens (tertiary/aromatic N) is 1. The van der Waals surface area contributed by atoms with Gasteiger partial charge in [-0.15, -0.1) is 0 Å². The van der Waals surface area contributed by atoms with Crippen LogP contribution in [0.2, 0.25) is 0 Å². The van der Waals surface area contributed by atoms with Crippen LogP contribution in [0, 0.1) is 5.82 Å². The number of hydrogen-bond acceptors (Lipinski definition) is 3. The fourth-order valence-electron chi connectivity index (χ4n) is 2.87. The number of aliphatic hydroxyl groups excluding tert-OH is 1. The van der Waals surface area contributed by atoms with Crippen LogP contribution in [0.5, 0.6) is 0 Å². The molecule has 1 aliphatic rings. The number of benzene rings is 1. The molecule has 3 nitrogen and oxygen atoms in total. The fourth-order valence-corrected chi connectivity index (χ4v) is 2.87. The van der Waals surface area contributed by atoms with E-state index in [2.05, 4.69) is 11.8 Å². The quantitative estimate of drug-likeness (QED) is 0.901. The van der Waals surface area contributed by atoms with Gasteiger partial charge in [-0.25, -0.2) is 4.39 Å². The summed E-state index contributed by atoms with van der Waals surface area (Å²) in [5.41, 5.74) is 0.292. The van der Waals surface area contributed by atoms with Gasteiger partial charge in [-0.05, 0) is 38.8 Å². The number of methoxy groups -OCH3 is 1. The number of piperidine rings is 1. The standard InChI is InChI=1S/C16H24FNO2/c1-16(20-2)9-5-10-18(12-16)11-8-15(19)13-6-3-4-7-14(13)17/h3-4,6-7,15,19H,5,8-12H2,1-2H3. The van der Waals surface area contributed by atoms with Gasteiger partial charge in [0.1, 0.15) is 5.82 Å². The Morgan fingerprint density at radius 3 is 2.90 bits per heavy atom. The Morgan fingerprint density at radius 1 is 1.45 bits per heavy atom. The van der Waals surface area contributed by atoms with Crippen LogP contribution in [0.4, 0.5) is 4.39 Å². The molecule has 0 bridgehead atoms. The van der Waals surface area contributed by atoms with E-state index in [-0.39, 0.29) is 11.4 Å². The minimum Gasteiger partial charge on any atom is -0.388 e. The lowest BCUT2D eigenvalue weighted by atomic mass is 9.94. The van der Waals surface area contributed by atoms with E-state index in [1.54, 1.807) is 25.3 Å². The molecule has 0 spiro atoms. The first-order chi connectivity index (χ1) is 9.54. The van der Waals surface area contributed by atoms with Crippen LogP contribution in [-0.4, -0.2) is 42.4 Å². The molecule has 0 radical (unpaired) electrons. The molecule has 112 valence electrons. The number of ether oxygens (including phenoxy) is 1. The molecule has 0 aromatic heterocycles. The van der Waals surface area contributed by atoms with Gasteiger partial charge in [-0.3, -0.25) is 0 Å². The van der Waals surface area contributed by atoms with Crippen molar-refractivity contribution in [1.29, 1.82) is 0 Å². The van der Waals surface area contributed by atoms with E-state index in [0.29, 0.717) is 12.0 Å². The zero-order valence-electron chi connectivity index (χ0n) is 12.3. The first-order valence-corrected chi connectivity index (χ1v) is 7.24. The van der Waals surface area contributed by atoms with Gasteiger partial charge in [0.05, 0.1) is 11.7 Å². The average molecular weight is 281 g/mol. The molecule has 1 heterocycles. The summed E-state index contributed by atoms with van der Waals surface area (Å²) in [6, 6.07) is 6.43. The summed E-state index contributed by atoms with van der Waals surface area (Å²) in [5, 5.41) is 10.1. The normalized spacial score (nSPS) is 25.6. The SMILES string of the molecule is COC1(C)CCCN(CCC(O)c2ccccc2F)C1. The molecule has 1 N–H and O–H groups in total. The zero-order chi connectivity index (χ0) is 14.6. The molecule has 2 rings (SSSR count). The third kappa shape index (κ3) is 3.78. The highest BCUT2D eigenvalue weighted by Crippen LogP contribution is 2.25. The lowest BCUT2D eigenvalue weighted by Crippen LogP contribution is -2.47. The molecule has 2 atom stereocenters. The third-order valence-corrected chi connectivity index (χ3v) is 4.21. The van der Waals surface area contributed by atoms with Gasteiger partial charge < -0.3 is 14.7 Å². The summed E-state index contributed by atoms with van der Waals surface area (Å²) < 4.78 is 19.1. The Labute approximate surface area is 120 Å². The van der Waals surface area contributed by atoms with Gasteiger partial charge in [-0.1, -0.05) is 18.2 Å². The van der Waals surface area contributed by atoms with Crippen LogP contribution in [0.1, 0.15) is 37.9 Å². The molecule has 1 aromatic carbocycles. The second-order valence-corrected chi connectivity index (χ2v) is 5.86. The number of hydrogen-bond donors (Lipinski definition) is 1. The summed E-state index contributed by atoms with van der Waals surface area (Å²) in [6.45, 7) is 4.76. The molecular weight excluding hydrogens is 257 g/mol. The lowest BCUT2D eigenvalue weighted by Gasteiger charge is -2.39. The van der Waals surface area contributed by atoms with Gasteiger partial charge in [0.15, 0.2) is 0 Å². The van der Waals surface area contributed by atoms with Crippen molar-refractivity contribution in [1.82, 2.24) is 4.90 Å². The number of aliphatic hydroxyl groups is 1. The summed E-state index contributed by atoms with van der Waals surface area (Å²) in [4.78, 5) is 2.29. The summed E-state index contributed by atoms with van der Waals surface area (Å²) >= 11 is 0. The van der Waals surface area contributed by atoms with E-state index >= 15 is 0 Å². The molecule has 4 heteroatoms. The Kier molecular flexibility index (Phi) is 5.13. The van der Waals surface area contributed by atoms with Gasteiger partial charge in [-0.2, -0.15) is 0 Å². The van der Waals surface area contributed by atoms with Gasteiger partial charge >= 0.3 is 0 Å². The van der Waals surface area contributed by atoms with Crippen LogP contribution in [-0.2, 0) is 4.74 Å². The highest BCUT2D eigenvalue weighted by atomic mass is 19.1.